The van der Waals surface area contributed by atoms with Gasteiger partial charge in [-0.05, 0) is 18.9 Å². The van der Waals surface area contributed by atoms with E-state index in [1.54, 1.807) is 17.8 Å². The number of aromatic nitrogens is 2. The molecule has 0 spiro atoms. The summed E-state index contributed by atoms with van der Waals surface area (Å²) in [6, 6.07) is 1.65. The van der Waals surface area contributed by atoms with Crippen molar-refractivity contribution in [3.63, 3.8) is 0 Å². The van der Waals surface area contributed by atoms with E-state index in [0.717, 1.165) is 12.6 Å². The molecule has 0 aliphatic heterocycles. The van der Waals surface area contributed by atoms with Crippen LogP contribution in [0.15, 0.2) is 6.07 Å². The summed E-state index contributed by atoms with van der Waals surface area (Å²) in [5.74, 6) is -1.68. The van der Waals surface area contributed by atoms with Crippen LogP contribution in [0.4, 0.5) is 0 Å². The molecule has 0 bridgehead atoms. The molecular formula is C12H19N3O4. The van der Waals surface area contributed by atoms with E-state index in [2.05, 4.69) is 10.4 Å². The van der Waals surface area contributed by atoms with E-state index in [4.69, 9.17) is 5.11 Å². The summed E-state index contributed by atoms with van der Waals surface area (Å²) >= 11 is 0. The molecule has 0 radical (unpaired) electrons. The number of aliphatic hydroxyl groups is 1. The molecule has 0 aromatic carbocycles. The zero-order valence-electron chi connectivity index (χ0n) is 11.5. The predicted molar refractivity (Wildman–Crippen MR) is 67.9 cm³/mol. The average molecular weight is 269 g/mol. The van der Waals surface area contributed by atoms with Crippen LogP contribution < -0.4 is 5.32 Å². The van der Waals surface area contributed by atoms with E-state index < -0.39 is 17.5 Å². The molecule has 1 aromatic rings. The third-order valence-electron chi connectivity index (χ3n) is 2.79. The molecule has 0 saturated carbocycles. The number of aliphatic carboxylic acids is 1. The first-order valence-corrected chi connectivity index (χ1v) is 5.93. The van der Waals surface area contributed by atoms with Crippen LogP contribution in [-0.2, 0) is 11.8 Å². The molecule has 0 aliphatic rings. The zero-order valence-corrected chi connectivity index (χ0v) is 11.5. The van der Waals surface area contributed by atoms with Crippen LogP contribution >= 0.6 is 0 Å². The van der Waals surface area contributed by atoms with Gasteiger partial charge in [0.2, 0.25) is 0 Å². The summed E-state index contributed by atoms with van der Waals surface area (Å²) in [4.78, 5) is 22.5. The molecule has 0 aliphatic carbocycles. The van der Waals surface area contributed by atoms with Crippen molar-refractivity contribution in [1.82, 2.24) is 15.1 Å². The molecule has 3 N–H and O–H groups in total. The lowest BCUT2D eigenvalue weighted by Crippen LogP contribution is -2.46. The number of carbonyl (C=O) groups excluding carboxylic acids is 1. The molecule has 19 heavy (non-hydrogen) atoms. The highest BCUT2D eigenvalue weighted by atomic mass is 16.4. The summed E-state index contributed by atoms with van der Waals surface area (Å²) < 4.78 is 1.61. The van der Waals surface area contributed by atoms with Crippen molar-refractivity contribution >= 4 is 11.9 Å². The zero-order chi connectivity index (χ0) is 14.8. The number of carboxylic acids is 1. The molecule has 1 amide bonds. The van der Waals surface area contributed by atoms with Gasteiger partial charge in [0.1, 0.15) is 5.69 Å². The van der Waals surface area contributed by atoms with Crippen LogP contribution in [0.5, 0.6) is 0 Å². The Bertz CT molecular complexity index is 491. The second-order valence-corrected chi connectivity index (χ2v) is 4.99. The lowest BCUT2D eigenvalue weighted by Gasteiger charge is -2.17. The first-order chi connectivity index (χ1) is 8.65. The molecule has 106 valence electrons. The highest BCUT2D eigenvalue weighted by Gasteiger charge is 2.30. The summed E-state index contributed by atoms with van der Waals surface area (Å²) in [5.41, 5.74) is -0.895. The van der Waals surface area contributed by atoms with Crippen molar-refractivity contribution in [2.75, 3.05) is 6.54 Å². The molecule has 0 fully saturated rings. The Morgan fingerprint density at radius 3 is 2.53 bits per heavy atom. The number of aryl methyl sites for hydroxylation is 1. The second kappa shape index (κ2) is 5.40. The quantitative estimate of drug-likeness (QED) is 0.703. The van der Waals surface area contributed by atoms with Crippen molar-refractivity contribution in [2.24, 2.45) is 7.05 Å². The van der Waals surface area contributed by atoms with Crippen LogP contribution in [0.2, 0.25) is 0 Å². The SMILES string of the molecule is CC(C)c1cc(C(=O)NCC(C)(O)C(=O)O)nn1C. The van der Waals surface area contributed by atoms with Gasteiger partial charge in [-0.25, -0.2) is 4.79 Å². The molecular weight excluding hydrogens is 250 g/mol. The van der Waals surface area contributed by atoms with Gasteiger partial charge in [-0.3, -0.25) is 9.48 Å². The third-order valence-corrected chi connectivity index (χ3v) is 2.79. The number of amides is 1. The molecule has 1 rings (SSSR count). The molecule has 0 saturated heterocycles. The maximum atomic E-state index is 11.8. The highest BCUT2D eigenvalue weighted by Crippen LogP contribution is 2.14. The van der Waals surface area contributed by atoms with Gasteiger partial charge in [0.05, 0.1) is 6.54 Å². The smallest absolute Gasteiger partial charge is 0.337 e. The summed E-state index contributed by atoms with van der Waals surface area (Å²) in [6.07, 6.45) is 0. The Morgan fingerprint density at radius 2 is 2.11 bits per heavy atom. The Hall–Kier alpha value is -1.89. The number of carboxylic acid groups (broad SMARTS) is 1. The van der Waals surface area contributed by atoms with Crippen molar-refractivity contribution < 1.29 is 19.8 Å². The van der Waals surface area contributed by atoms with Gasteiger partial charge < -0.3 is 15.5 Å². The minimum Gasteiger partial charge on any atom is -0.479 e. The standard InChI is InChI=1S/C12H19N3O4/c1-7(2)9-5-8(14-15(9)4)10(16)13-6-12(3,19)11(17)18/h5,7,19H,6H2,1-4H3,(H,13,16)(H,17,18). The number of nitrogens with zero attached hydrogens (tertiary/aromatic N) is 2. The maximum Gasteiger partial charge on any atom is 0.337 e. The fourth-order valence-electron chi connectivity index (χ4n) is 1.55. The molecule has 1 aromatic heterocycles. The number of hydrogen-bond acceptors (Lipinski definition) is 4. The minimum absolute atomic E-state index is 0.201. The normalized spacial score (nSPS) is 14.2. The van der Waals surface area contributed by atoms with Gasteiger partial charge in [0, 0.05) is 12.7 Å². The number of rotatable bonds is 5. The van der Waals surface area contributed by atoms with Crippen LogP contribution in [0, 0.1) is 0 Å². The van der Waals surface area contributed by atoms with Crippen LogP contribution in [0.3, 0.4) is 0 Å². The first kappa shape index (κ1) is 15.2. The van der Waals surface area contributed by atoms with Crippen molar-refractivity contribution in [2.45, 2.75) is 32.3 Å². The van der Waals surface area contributed by atoms with Crippen molar-refractivity contribution in [3.8, 4) is 0 Å². The summed E-state index contributed by atoms with van der Waals surface area (Å²) in [5, 5.41) is 24.6. The van der Waals surface area contributed by atoms with Gasteiger partial charge in [0.15, 0.2) is 5.60 Å². The molecule has 1 atom stereocenters. The Morgan fingerprint density at radius 1 is 1.53 bits per heavy atom. The summed E-state index contributed by atoms with van der Waals surface area (Å²) in [6.45, 7) is 4.70. The van der Waals surface area contributed by atoms with E-state index in [1.165, 1.54) is 0 Å². The van der Waals surface area contributed by atoms with E-state index in [1.807, 2.05) is 13.8 Å². The fraction of sp³-hybridized carbons (Fsp3) is 0.583. The topological polar surface area (TPSA) is 104 Å². The minimum atomic E-state index is -1.99. The van der Waals surface area contributed by atoms with E-state index in [9.17, 15) is 14.7 Å². The Balaban J connectivity index is 2.75. The van der Waals surface area contributed by atoms with Gasteiger partial charge in [-0.15, -0.1) is 0 Å². The second-order valence-electron chi connectivity index (χ2n) is 4.99. The largest absolute Gasteiger partial charge is 0.479 e. The van der Waals surface area contributed by atoms with Gasteiger partial charge in [0.25, 0.3) is 5.91 Å². The number of carbonyl (C=O) groups is 2. The van der Waals surface area contributed by atoms with Gasteiger partial charge in [-0.1, -0.05) is 13.8 Å². The van der Waals surface area contributed by atoms with Crippen LogP contribution in [-0.4, -0.2) is 44.0 Å². The first-order valence-electron chi connectivity index (χ1n) is 5.93. The van der Waals surface area contributed by atoms with E-state index in [0.29, 0.717) is 0 Å². The van der Waals surface area contributed by atoms with Crippen LogP contribution in [0.1, 0.15) is 42.9 Å². The predicted octanol–water partition coefficient (Wildman–Crippen LogP) is 0.109. The number of nitrogens with one attached hydrogen (secondary N) is 1. The molecule has 1 unspecified atom stereocenters. The van der Waals surface area contributed by atoms with Gasteiger partial charge >= 0.3 is 5.97 Å². The number of hydrogen-bond donors (Lipinski definition) is 3. The molecule has 7 heteroatoms. The van der Waals surface area contributed by atoms with E-state index >= 15 is 0 Å². The lowest BCUT2D eigenvalue weighted by molar-refractivity contribution is -0.155. The van der Waals surface area contributed by atoms with Crippen molar-refractivity contribution in [3.05, 3.63) is 17.5 Å². The third kappa shape index (κ3) is 3.54. The van der Waals surface area contributed by atoms with Crippen LogP contribution in [0.25, 0.3) is 0 Å². The monoisotopic (exact) mass is 269 g/mol. The maximum absolute atomic E-state index is 11.8. The van der Waals surface area contributed by atoms with Crippen molar-refractivity contribution in [1.29, 1.82) is 0 Å². The van der Waals surface area contributed by atoms with E-state index in [-0.39, 0.29) is 18.2 Å². The summed E-state index contributed by atoms with van der Waals surface area (Å²) in [7, 11) is 1.74. The highest BCUT2D eigenvalue weighted by molar-refractivity contribution is 5.93. The lowest BCUT2D eigenvalue weighted by atomic mass is 10.1. The molecule has 7 nitrogen and oxygen atoms in total. The Labute approximate surface area is 111 Å². The van der Waals surface area contributed by atoms with Gasteiger partial charge in [-0.2, -0.15) is 5.10 Å². The fourth-order valence-corrected chi connectivity index (χ4v) is 1.55. The Kier molecular flexibility index (Phi) is 4.31. The molecule has 1 heterocycles. The average Bonchev–Trinajstić information content (AvgIpc) is 2.68.